The molecule has 0 amide bonds. The Labute approximate surface area is 170 Å². The molecule has 0 aromatic heterocycles. The molecule has 27 heavy (non-hydrogen) atoms. The molecule has 1 unspecified atom stereocenters. The molecule has 7 atom stereocenters. The van der Waals surface area contributed by atoms with Crippen LogP contribution in [0.1, 0.15) is 78.6 Å². The summed E-state index contributed by atoms with van der Waals surface area (Å²) >= 11 is 0. The van der Waals surface area contributed by atoms with Gasteiger partial charge in [0.15, 0.2) is 0 Å². The molecule has 0 bridgehead atoms. The molecule has 0 aliphatic heterocycles. The first-order valence-electron chi connectivity index (χ1n) is 11.2. The van der Waals surface area contributed by atoms with Crippen LogP contribution in [0.3, 0.4) is 0 Å². The average molecular weight is 394 g/mol. The van der Waals surface area contributed by atoms with Crippen LogP contribution >= 0.6 is 12.4 Å². The van der Waals surface area contributed by atoms with Gasteiger partial charge in [0.25, 0.3) is 0 Å². The molecule has 0 saturated heterocycles. The maximum absolute atomic E-state index is 12.7. The van der Waals surface area contributed by atoms with Crippen LogP contribution < -0.4 is 0 Å². The summed E-state index contributed by atoms with van der Waals surface area (Å²) in [7, 11) is 0. The summed E-state index contributed by atoms with van der Waals surface area (Å²) in [6.07, 6.45) is 9.64. The molecule has 0 spiro atoms. The molecule has 0 N–H and O–H groups in total. The Bertz CT molecular complexity index is 661. The Morgan fingerprint density at radius 1 is 1.00 bits per heavy atom. The summed E-state index contributed by atoms with van der Waals surface area (Å²) in [6.45, 7) is 9.03. The molecular weight excluding hydrogens is 358 g/mol. The minimum absolute atomic E-state index is 0. The number of rotatable bonds is 3. The molecule has 5 saturated carbocycles. The third kappa shape index (κ3) is 2.31. The molecule has 152 valence electrons. The molecule has 3 nitrogen and oxygen atoms in total. The van der Waals surface area contributed by atoms with E-state index in [1.807, 2.05) is 0 Å². The molecule has 4 heteroatoms. The Morgan fingerprint density at radius 3 is 2.44 bits per heavy atom. The van der Waals surface area contributed by atoms with Crippen molar-refractivity contribution in [3.8, 4) is 0 Å². The first-order chi connectivity index (χ1) is 12.4. The highest BCUT2D eigenvalue weighted by molar-refractivity contribution is 5.87. The van der Waals surface area contributed by atoms with Crippen LogP contribution in [0.5, 0.6) is 0 Å². The Hall–Kier alpha value is -0.410. The van der Waals surface area contributed by atoms with Crippen molar-refractivity contribution < 1.29 is 9.59 Å². The van der Waals surface area contributed by atoms with Gasteiger partial charge in [-0.3, -0.25) is 9.59 Å². The third-order valence-electron chi connectivity index (χ3n) is 10.1. The van der Waals surface area contributed by atoms with Crippen molar-refractivity contribution in [3.05, 3.63) is 0 Å². The number of halogens is 1. The van der Waals surface area contributed by atoms with Crippen molar-refractivity contribution in [1.29, 1.82) is 0 Å². The van der Waals surface area contributed by atoms with Crippen molar-refractivity contribution in [2.75, 3.05) is 13.1 Å². The van der Waals surface area contributed by atoms with E-state index in [4.69, 9.17) is 0 Å². The summed E-state index contributed by atoms with van der Waals surface area (Å²) in [5.41, 5.74) is 0.681. The number of carbonyl (C=O) groups is 2. The maximum Gasteiger partial charge on any atom is 0.139 e. The van der Waals surface area contributed by atoms with Gasteiger partial charge in [0.1, 0.15) is 11.6 Å². The molecule has 0 heterocycles. The molecule has 5 aliphatic rings. The Morgan fingerprint density at radius 2 is 1.74 bits per heavy atom. The smallest absolute Gasteiger partial charge is 0.139 e. The largest absolute Gasteiger partial charge is 0.300 e. The van der Waals surface area contributed by atoms with Gasteiger partial charge in [-0.05, 0) is 80.2 Å². The van der Waals surface area contributed by atoms with Crippen LogP contribution in [0.15, 0.2) is 0 Å². The molecule has 0 aromatic rings. The second kappa shape index (κ2) is 6.29. The standard InChI is InChI=1S/C23H35NO2.ClH/c1-4-24(5-2)19-12-16-17-6-7-20(26)21(17,3)10-9-18(16)22-11-8-15(25)13-23(19,22)14-22;/h16-19H,4-14H2,1-3H3;1H/t16-,17-,18-,19?,21-,22-,23+;/m0./s1. The van der Waals surface area contributed by atoms with Gasteiger partial charge in [0.05, 0.1) is 0 Å². The van der Waals surface area contributed by atoms with Crippen LogP contribution in [-0.2, 0) is 9.59 Å². The van der Waals surface area contributed by atoms with Crippen LogP contribution in [-0.4, -0.2) is 35.6 Å². The summed E-state index contributed by atoms with van der Waals surface area (Å²) < 4.78 is 0. The highest BCUT2D eigenvalue weighted by atomic mass is 35.5. The Kier molecular flexibility index (Phi) is 4.63. The quantitative estimate of drug-likeness (QED) is 0.699. The number of nitrogens with zero attached hydrogens (tertiary/aromatic N) is 1. The minimum Gasteiger partial charge on any atom is -0.300 e. The normalized spacial score (nSPS) is 50.4. The van der Waals surface area contributed by atoms with Crippen molar-refractivity contribution in [3.63, 3.8) is 0 Å². The van der Waals surface area contributed by atoms with Crippen molar-refractivity contribution >= 4 is 24.0 Å². The number of carbonyl (C=O) groups excluding carboxylic acids is 2. The van der Waals surface area contributed by atoms with Crippen molar-refractivity contribution in [2.45, 2.75) is 84.6 Å². The van der Waals surface area contributed by atoms with Crippen molar-refractivity contribution in [2.24, 2.45) is 34.0 Å². The summed E-state index contributed by atoms with van der Waals surface area (Å²) in [6, 6.07) is 0.570. The first kappa shape index (κ1) is 19.9. The van der Waals surface area contributed by atoms with E-state index < -0.39 is 0 Å². The van der Waals surface area contributed by atoms with Crippen LogP contribution in [0.25, 0.3) is 0 Å². The molecule has 0 aromatic carbocycles. The van der Waals surface area contributed by atoms with E-state index in [-0.39, 0.29) is 23.2 Å². The zero-order valence-corrected chi connectivity index (χ0v) is 18.1. The van der Waals surface area contributed by atoms with Crippen molar-refractivity contribution in [1.82, 2.24) is 4.90 Å². The van der Waals surface area contributed by atoms with E-state index in [1.165, 1.54) is 19.3 Å². The van der Waals surface area contributed by atoms with Crippen LogP contribution in [0, 0.1) is 34.0 Å². The van der Waals surface area contributed by atoms with Crippen LogP contribution in [0.2, 0.25) is 0 Å². The van der Waals surface area contributed by atoms with Gasteiger partial charge >= 0.3 is 0 Å². The van der Waals surface area contributed by atoms with Crippen LogP contribution in [0.4, 0.5) is 0 Å². The summed E-state index contributed by atoms with van der Waals surface area (Å²) in [5, 5.41) is 0. The highest BCUT2D eigenvalue weighted by Gasteiger charge is 2.79. The average Bonchev–Trinajstić information content (AvgIpc) is 3.22. The lowest BCUT2D eigenvalue weighted by Gasteiger charge is -2.57. The zero-order valence-electron chi connectivity index (χ0n) is 17.3. The second-order valence-electron chi connectivity index (χ2n) is 10.5. The summed E-state index contributed by atoms with van der Waals surface area (Å²) in [5.74, 6) is 3.17. The van der Waals surface area contributed by atoms with E-state index in [1.54, 1.807) is 0 Å². The fourth-order valence-corrected chi connectivity index (χ4v) is 8.87. The molecule has 0 radical (unpaired) electrons. The molecular formula is C23H36ClNO2. The SMILES string of the molecule is CCN(CC)C1C[C@@H]2[C@H](CC[C@]3(C)C(=O)CC[C@@H]23)[C@@]23CCC(=O)C[C@@]12C3.Cl. The lowest BCUT2D eigenvalue weighted by Crippen LogP contribution is -2.57. The monoisotopic (exact) mass is 393 g/mol. The van der Waals surface area contributed by atoms with E-state index in [2.05, 4.69) is 25.7 Å². The van der Waals surface area contributed by atoms with E-state index in [0.717, 1.165) is 63.5 Å². The topological polar surface area (TPSA) is 37.4 Å². The zero-order chi connectivity index (χ0) is 18.3. The fourth-order valence-electron chi connectivity index (χ4n) is 8.87. The third-order valence-corrected chi connectivity index (χ3v) is 10.1. The first-order valence-corrected chi connectivity index (χ1v) is 11.2. The second-order valence-corrected chi connectivity index (χ2v) is 10.5. The van der Waals surface area contributed by atoms with E-state index >= 15 is 0 Å². The lowest BCUT2D eigenvalue weighted by molar-refractivity contribution is -0.139. The van der Waals surface area contributed by atoms with E-state index in [9.17, 15) is 9.59 Å². The minimum atomic E-state index is -0.0367. The van der Waals surface area contributed by atoms with Gasteiger partial charge < -0.3 is 4.90 Å². The molecule has 5 rings (SSSR count). The van der Waals surface area contributed by atoms with Gasteiger partial charge in [-0.1, -0.05) is 20.8 Å². The number of fused-ring (bicyclic) bond motifs is 3. The Balaban J connectivity index is 0.00000180. The van der Waals surface area contributed by atoms with Gasteiger partial charge in [0.2, 0.25) is 0 Å². The van der Waals surface area contributed by atoms with E-state index in [0.29, 0.717) is 28.9 Å². The van der Waals surface area contributed by atoms with Gasteiger partial charge in [-0.2, -0.15) is 0 Å². The number of hydrogen-bond donors (Lipinski definition) is 0. The maximum atomic E-state index is 12.7. The predicted octanol–water partition coefficient (Wildman–Crippen LogP) is 4.66. The molecule has 5 aliphatic carbocycles. The number of hydrogen-bond acceptors (Lipinski definition) is 3. The fraction of sp³-hybridized carbons (Fsp3) is 0.913. The number of Topliss-reactive ketones (excluding diaryl/α,β-unsaturated/α-hetero) is 2. The lowest BCUT2D eigenvalue weighted by atomic mass is 9.49. The van der Waals surface area contributed by atoms with Gasteiger partial charge in [-0.25, -0.2) is 0 Å². The van der Waals surface area contributed by atoms with Gasteiger partial charge in [-0.15, -0.1) is 12.4 Å². The van der Waals surface area contributed by atoms with Gasteiger partial charge in [0, 0.05) is 30.7 Å². The molecule has 5 fully saturated rings. The summed E-state index contributed by atoms with van der Waals surface area (Å²) in [4.78, 5) is 27.8. The predicted molar refractivity (Wildman–Crippen MR) is 109 cm³/mol. The number of ketones is 2. The highest BCUT2D eigenvalue weighted by Crippen LogP contribution is 2.82.